The molecule has 1 fully saturated rings. The van der Waals surface area contributed by atoms with Crippen LogP contribution in [0.3, 0.4) is 0 Å². The fraction of sp³-hybridized carbons (Fsp3) is 0.444. The number of aryl methyl sites for hydroxylation is 1. The van der Waals surface area contributed by atoms with Crippen LogP contribution in [0.25, 0.3) is 0 Å². The number of hydrogen-bond donors (Lipinski definition) is 3. The van der Waals surface area contributed by atoms with Gasteiger partial charge in [0.15, 0.2) is 0 Å². The van der Waals surface area contributed by atoms with Crippen LogP contribution in [-0.2, 0) is 22.6 Å². The van der Waals surface area contributed by atoms with Gasteiger partial charge in [-0.2, -0.15) is 0 Å². The van der Waals surface area contributed by atoms with Crippen molar-refractivity contribution < 1.29 is 19.1 Å². The molecule has 2 aliphatic rings. The fourth-order valence-electron chi connectivity index (χ4n) is 5.26. The van der Waals surface area contributed by atoms with Crippen molar-refractivity contribution in [2.24, 2.45) is 17.1 Å². The molecule has 192 valence electrons. The fourth-order valence-corrected chi connectivity index (χ4v) is 6.08. The van der Waals surface area contributed by atoms with Crippen molar-refractivity contribution in [1.82, 2.24) is 15.2 Å². The molecular formula is C27H33FN4O3S. The summed E-state index contributed by atoms with van der Waals surface area (Å²) in [5.74, 6) is -1.52. The first-order valence-electron chi connectivity index (χ1n) is 12.1. The van der Waals surface area contributed by atoms with Gasteiger partial charge in [-0.15, -0.1) is 11.3 Å². The number of aromatic nitrogens is 1. The Morgan fingerprint density at radius 2 is 2.11 bits per heavy atom. The Balaban J connectivity index is 1.62. The molecule has 1 aromatic heterocycles. The highest BCUT2D eigenvalue weighted by Gasteiger charge is 2.50. The van der Waals surface area contributed by atoms with Crippen LogP contribution >= 0.6 is 11.3 Å². The predicted octanol–water partition coefficient (Wildman–Crippen LogP) is 2.69. The summed E-state index contributed by atoms with van der Waals surface area (Å²) in [6, 6.07) is 9.01. The molecule has 36 heavy (non-hydrogen) atoms. The first-order chi connectivity index (χ1) is 17.2. The van der Waals surface area contributed by atoms with E-state index in [4.69, 9.17) is 5.73 Å². The summed E-state index contributed by atoms with van der Waals surface area (Å²) >= 11 is 1.49. The Hall–Kier alpha value is -2.88. The molecule has 1 unspecified atom stereocenters. The molecule has 2 heterocycles. The molecule has 1 aliphatic heterocycles. The van der Waals surface area contributed by atoms with Gasteiger partial charge in [0.1, 0.15) is 11.2 Å². The largest absolute Gasteiger partial charge is 0.391 e. The monoisotopic (exact) mass is 512 g/mol. The van der Waals surface area contributed by atoms with Crippen LogP contribution < -0.4 is 11.1 Å². The minimum absolute atomic E-state index is 0.0548. The molecule has 0 spiro atoms. The maximum Gasteiger partial charge on any atom is 0.249 e. The topological polar surface area (TPSA) is 109 Å². The Morgan fingerprint density at radius 1 is 1.36 bits per heavy atom. The first kappa shape index (κ1) is 26.2. The van der Waals surface area contributed by atoms with Gasteiger partial charge in [0.25, 0.3) is 0 Å². The van der Waals surface area contributed by atoms with E-state index in [1.165, 1.54) is 11.3 Å². The number of primary amides is 1. The number of nitrogens with one attached hydrogen (secondary N) is 1. The van der Waals surface area contributed by atoms with E-state index in [-0.39, 0.29) is 25.3 Å². The number of likely N-dealkylation sites (N-methyl/N-ethyl adjacent to an activating group) is 1. The van der Waals surface area contributed by atoms with E-state index >= 15 is 0 Å². The van der Waals surface area contributed by atoms with Crippen LogP contribution in [0.1, 0.15) is 29.1 Å². The predicted molar refractivity (Wildman–Crippen MR) is 138 cm³/mol. The number of amides is 2. The van der Waals surface area contributed by atoms with Crippen molar-refractivity contribution in [2.45, 2.75) is 51.0 Å². The zero-order chi connectivity index (χ0) is 25.9. The number of benzene rings is 1. The lowest BCUT2D eigenvalue weighted by Gasteiger charge is -2.42. The highest BCUT2D eigenvalue weighted by atomic mass is 32.1. The summed E-state index contributed by atoms with van der Waals surface area (Å²) < 4.78 is 14.0. The lowest BCUT2D eigenvalue weighted by molar-refractivity contribution is -0.132. The van der Waals surface area contributed by atoms with Crippen LogP contribution in [0, 0.1) is 18.3 Å². The van der Waals surface area contributed by atoms with Gasteiger partial charge in [0, 0.05) is 42.2 Å². The number of thiazole rings is 1. The maximum absolute atomic E-state index is 14.0. The van der Waals surface area contributed by atoms with E-state index < -0.39 is 35.6 Å². The number of hydrogen-bond acceptors (Lipinski definition) is 6. The van der Waals surface area contributed by atoms with Crippen LogP contribution in [0.2, 0.25) is 0 Å². The molecule has 0 radical (unpaired) electrons. The molecule has 0 saturated carbocycles. The SMILES string of the molecule is Cc1csc(CN(C)C(=O)C2=CC=CC(C(N)=O)([C@H](Cc3ccccc3)[C@@H](O)[C@H]3C[C@H](F)CN3)C2)n1. The average molecular weight is 513 g/mol. The molecule has 5 atom stereocenters. The third-order valence-electron chi connectivity index (χ3n) is 7.19. The van der Waals surface area contributed by atoms with E-state index in [0.29, 0.717) is 18.5 Å². The minimum atomic E-state index is -1.32. The van der Waals surface area contributed by atoms with Crippen LogP contribution in [0.4, 0.5) is 4.39 Å². The molecule has 1 aromatic carbocycles. The number of halogens is 1. The summed E-state index contributed by atoms with van der Waals surface area (Å²) in [7, 11) is 1.70. The normalized spacial score (nSPS) is 25.3. The molecule has 7 nitrogen and oxygen atoms in total. The number of carbonyl (C=O) groups is 2. The number of rotatable bonds is 9. The molecule has 1 saturated heterocycles. The van der Waals surface area contributed by atoms with Crippen molar-refractivity contribution in [1.29, 1.82) is 0 Å². The Bertz CT molecular complexity index is 1150. The van der Waals surface area contributed by atoms with E-state index in [1.807, 2.05) is 42.6 Å². The standard InChI is InChI=1S/C27H33FN4O3S/c1-17-16-36-23(31-17)15-32(2)25(34)19-9-6-10-27(13-19,26(29)35)21(11-18-7-4-3-5-8-18)24(33)22-12-20(28)14-30-22/h3-10,16,20-22,24,30,33H,11-15H2,1-2H3,(H2,29,35)/t20-,21+,22+,24+,27?/m0/s1. The van der Waals surface area contributed by atoms with E-state index in [9.17, 15) is 19.1 Å². The number of aliphatic hydroxyl groups excluding tert-OH is 1. The van der Waals surface area contributed by atoms with Crippen LogP contribution in [-0.4, -0.2) is 58.7 Å². The molecule has 9 heteroatoms. The smallest absolute Gasteiger partial charge is 0.249 e. The van der Waals surface area contributed by atoms with Gasteiger partial charge >= 0.3 is 0 Å². The third kappa shape index (κ3) is 5.58. The maximum atomic E-state index is 14.0. The number of nitrogens with zero attached hydrogens (tertiary/aromatic N) is 2. The third-order valence-corrected chi connectivity index (χ3v) is 8.14. The summed E-state index contributed by atoms with van der Waals surface area (Å²) in [6.45, 7) is 2.41. The van der Waals surface area contributed by atoms with Gasteiger partial charge in [-0.1, -0.05) is 48.6 Å². The lowest BCUT2D eigenvalue weighted by Crippen LogP contribution is -2.53. The molecule has 2 amide bonds. The van der Waals surface area contributed by atoms with E-state index in [1.54, 1.807) is 30.2 Å². The van der Waals surface area contributed by atoms with Crippen molar-refractivity contribution in [3.05, 3.63) is 75.8 Å². The van der Waals surface area contributed by atoms with E-state index in [0.717, 1.165) is 16.3 Å². The Kier molecular flexibility index (Phi) is 8.02. The Morgan fingerprint density at radius 3 is 2.72 bits per heavy atom. The lowest BCUT2D eigenvalue weighted by atomic mass is 9.63. The first-order valence-corrected chi connectivity index (χ1v) is 13.0. The molecule has 0 bridgehead atoms. The summed E-state index contributed by atoms with van der Waals surface area (Å²) in [4.78, 5) is 32.5. The minimum Gasteiger partial charge on any atom is -0.391 e. The second-order valence-electron chi connectivity index (χ2n) is 9.81. The Labute approximate surface area is 214 Å². The van der Waals surface area contributed by atoms with Crippen molar-refractivity contribution in [2.75, 3.05) is 13.6 Å². The van der Waals surface area contributed by atoms with Gasteiger partial charge in [-0.3, -0.25) is 9.59 Å². The van der Waals surface area contributed by atoms with E-state index in [2.05, 4.69) is 10.3 Å². The number of alkyl halides is 1. The average Bonchev–Trinajstić information content (AvgIpc) is 3.49. The zero-order valence-electron chi connectivity index (χ0n) is 20.6. The zero-order valence-corrected chi connectivity index (χ0v) is 21.4. The number of nitrogens with two attached hydrogens (primary N) is 1. The van der Waals surface area contributed by atoms with Gasteiger partial charge in [0.2, 0.25) is 11.8 Å². The molecular weight excluding hydrogens is 479 g/mol. The molecule has 1 aliphatic carbocycles. The highest BCUT2D eigenvalue weighted by molar-refractivity contribution is 7.09. The number of carbonyl (C=O) groups excluding carboxylic acids is 2. The van der Waals surface area contributed by atoms with Crippen molar-refractivity contribution in [3.63, 3.8) is 0 Å². The number of allylic oxidation sites excluding steroid dienone is 2. The molecule has 4 N–H and O–H groups in total. The summed E-state index contributed by atoms with van der Waals surface area (Å²) in [5, 5.41) is 17.3. The highest BCUT2D eigenvalue weighted by Crippen LogP contribution is 2.44. The van der Waals surface area contributed by atoms with Crippen LogP contribution in [0.15, 0.2) is 59.5 Å². The molecule has 2 aromatic rings. The van der Waals surface area contributed by atoms with Gasteiger partial charge in [-0.25, -0.2) is 9.37 Å². The van der Waals surface area contributed by atoms with Crippen LogP contribution in [0.5, 0.6) is 0 Å². The van der Waals surface area contributed by atoms with Gasteiger partial charge in [0.05, 0.1) is 18.1 Å². The summed E-state index contributed by atoms with van der Waals surface area (Å²) in [6.07, 6.45) is 3.52. The molecule has 4 rings (SSSR count). The van der Waals surface area contributed by atoms with Gasteiger partial charge in [-0.05, 0) is 31.7 Å². The van der Waals surface area contributed by atoms with Gasteiger partial charge < -0.3 is 21.1 Å². The van der Waals surface area contributed by atoms with Crippen molar-refractivity contribution in [3.8, 4) is 0 Å². The quantitative estimate of drug-likeness (QED) is 0.479. The second-order valence-corrected chi connectivity index (χ2v) is 10.8. The summed E-state index contributed by atoms with van der Waals surface area (Å²) in [5.41, 5.74) is 6.96. The number of aliphatic hydroxyl groups is 1. The van der Waals surface area contributed by atoms with Crippen molar-refractivity contribution >= 4 is 23.2 Å². The second kappa shape index (κ2) is 11.0.